The molecule has 0 bridgehead atoms. The fourth-order valence-corrected chi connectivity index (χ4v) is 3.34. The summed E-state index contributed by atoms with van der Waals surface area (Å²) in [6, 6.07) is 7.75. The van der Waals surface area contributed by atoms with Gasteiger partial charge in [-0.2, -0.15) is 0 Å². The number of nitrogens with one attached hydrogen (secondary N) is 2. The number of nitrogens with zero attached hydrogens (tertiary/aromatic N) is 1. The first-order valence-electron chi connectivity index (χ1n) is 9.19. The highest BCUT2D eigenvalue weighted by Crippen LogP contribution is 2.23. The Bertz CT molecular complexity index is 616. The van der Waals surface area contributed by atoms with Crippen molar-refractivity contribution in [3.63, 3.8) is 0 Å². The van der Waals surface area contributed by atoms with Gasteiger partial charge in [0.2, 0.25) is 11.8 Å². The van der Waals surface area contributed by atoms with Gasteiger partial charge >= 0.3 is 0 Å². The maximum Gasteiger partial charge on any atom is 0.237 e. The molecule has 1 aliphatic carbocycles. The summed E-state index contributed by atoms with van der Waals surface area (Å²) < 4.78 is 5.69. The van der Waals surface area contributed by atoms with Gasteiger partial charge in [-0.1, -0.05) is 18.2 Å². The lowest BCUT2D eigenvalue weighted by Gasteiger charge is -2.35. The molecule has 0 radical (unpaired) electrons. The zero-order valence-corrected chi connectivity index (χ0v) is 14.8. The van der Waals surface area contributed by atoms with Crippen molar-refractivity contribution in [1.29, 1.82) is 0 Å². The molecule has 2 N–H and O–H groups in total. The lowest BCUT2D eigenvalue weighted by atomic mass is 9.93. The van der Waals surface area contributed by atoms with Crippen LogP contribution in [0.5, 0.6) is 5.75 Å². The summed E-state index contributed by atoms with van der Waals surface area (Å²) in [6.07, 6.45) is 3.48. The molecule has 3 rings (SSSR count). The Labute approximate surface area is 148 Å². The third-order valence-corrected chi connectivity index (χ3v) is 4.94. The summed E-state index contributed by atoms with van der Waals surface area (Å²) in [5.41, 5.74) is 1.04. The average Bonchev–Trinajstić information content (AvgIpc) is 2.56. The Morgan fingerprint density at radius 3 is 2.88 bits per heavy atom. The number of rotatable bonds is 7. The minimum atomic E-state index is -0.427. The van der Waals surface area contributed by atoms with Crippen molar-refractivity contribution < 1.29 is 14.3 Å². The van der Waals surface area contributed by atoms with Gasteiger partial charge in [-0.05, 0) is 32.3 Å². The second-order valence-corrected chi connectivity index (χ2v) is 6.72. The molecule has 1 aliphatic heterocycles. The highest BCUT2D eigenvalue weighted by molar-refractivity contribution is 5.89. The smallest absolute Gasteiger partial charge is 0.237 e. The molecule has 1 aromatic carbocycles. The number of hydrogen-bond donors (Lipinski definition) is 2. The first kappa shape index (κ1) is 17.7. The second-order valence-electron chi connectivity index (χ2n) is 6.72. The highest BCUT2D eigenvalue weighted by Gasteiger charge is 2.32. The molecule has 1 heterocycles. The van der Waals surface area contributed by atoms with Gasteiger partial charge in [0.05, 0.1) is 19.1 Å². The molecule has 6 nitrogen and oxygen atoms in total. The van der Waals surface area contributed by atoms with Gasteiger partial charge in [0.1, 0.15) is 5.75 Å². The molecule has 136 valence electrons. The monoisotopic (exact) mass is 345 g/mol. The maximum absolute atomic E-state index is 12.3. The van der Waals surface area contributed by atoms with Gasteiger partial charge in [-0.3, -0.25) is 14.5 Å². The predicted octanol–water partition coefficient (Wildman–Crippen LogP) is 1.44. The fraction of sp³-hybridized carbons (Fsp3) is 0.579. The normalized spacial score (nSPS) is 21.3. The predicted molar refractivity (Wildman–Crippen MR) is 95.2 cm³/mol. The van der Waals surface area contributed by atoms with Crippen molar-refractivity contribution in [2.45, 2.75) is 51.2 Å². The van der Waals surface area contributed by atoms with Gasteiger partial charge < -0.3 is 15.4 Å². The van der Waals surface area contributed by atoms with E-state index in [0.717, 1.165) is 30.7 Å². The molecule has 6 heteroatoms. The summed E-state index contributed by atoms with van der Waals surface area (Å²) in [6.45, 7) is 4.50. The van der Waals surface area contributed by atoms with Crippen LogP contribution in [0.4, 0.5) is 0 Å². The zero-order chi connectivity index (χ0) is 17.6. The van der Waals surface area contributed by atoms with E-state index in [1.165, 1.54) is 6.42 Å². The van der Waals surface area contributed by atoms with Crippen LogP contribution in [0, 0.1) is 0 Å². The van der Waals surface area contributed by atoms with E-state index in [4.69, 9.17) is 4.74 Å². The van der Waals surface area contributed by atoms with Crippen LogP contribution in [0.15, 0.2) is 24.3 Å². The topological polar surface area (TPSA) is 70.7 Å². The molecule has 2 fully saturated rings. The van der Waals surface area contributed by atoms with Crippen LogP contribution in [-0.2, 0) is 16.1 Å². The number of piperazine rings is 1. The summed E-state index contributed by atoms with van der Waals surface area (Å²) in [4.78, 5) is 26.7. The van der Waals surface area contributed by atoms with E-state index in [1.54, 1.807) is 0 Å². The minimum Gasteiger partial charge on any atom is -0.494 e. The third kappa shape index (κ3) is 4.51. The van der Waals surface area contributed by atoms with Crippen molar-refractivity contribution in [2.75, 3.05) is 19.7 Å². The fourth-order valence-electron chi connectivity index (χ4n) is 3.34. The molecule has 1 aromatic rings. The standard InChI is InChI=1S/C19H27N3O3/c1-2-25-17-9-4-3-6-14(17)13-22-11-10-20-19(24)16(22)12-18(23)21-15-7-5-8-15/h3-4,6,9,15-16H,2,5,7-8,10-13H2,1H3,(H,20,24)(H,21,23). The number of carbonyl (C=O) groups is 2. The number of ether oxygens (including phenoxy) is 1. The molecule has 25 heavy (non-hydrogen) atoms. The first-order valence-corrected chi connectivity index (χ1v) is 9.19. The van der Waals surface area contributed by atoms with Gasteiger partial charge in [-0.15, -0.1) is 0 Å². The molecule has 1 unspecified atom stereocenters. The zero-order valence-electron chi connectivity index (χ0n) is 14.8. The molecule has 2 amide bonds. The van der Waals surface area contributed by atoms with Crippen LogP contribution in [0.2, 0.25) is 0 Å². The highest BCUT2D eigenvalue weighted by atomic mass is 16.5. The number of amides is 2. The number of benzene rings is 1. The summed E-state index contributed by atoms with van der Waals surface area (Å²) in [7, 11) is 0. The first-order chi connectivity index (χ1) is 12.2. The molecule has 0 spiro atoms. The van der Waals surface area contributed by atoms with Crippen molar-refractivity contribution in [1.82, 2.24) is 15.5 Å². The largest absolute Gasteiger partial charge is 0.494 e. The SMILES string of the molecule is CCOc1ccccc1CN1CCNC(=O)C1CC(=O)NC1CCC1. The van der Waals surface area contributed by atoms with E-state index in [9.17, 15) is 9.59 Å². The van der Waals surface area contributed by atoms with E-state index >= 15 is 0 Å². The van der Waals surface area contributed by atoms with Crippen LogP contribution in [0.25, 0.3) is 0 Å². The van der Waals surface area contributed by atoms with E-state index in [0.29, 0.717) is 25.7 Å². The van der Waals surface area contributed by atoms with Crippen molar-refractivity contribution in [3.8, 4) is 5.75 Å². The molecular weight excluding hydrogens is 318 g/mol. The lowest BCUT2D eigenvalue weighted by Crippen LogP contribution is -2.56. The van der Waals surface area contributed by atoms with E-state index < -0.39 is 6.04 Å². The van der Waals surface area contributed by atoms with Crippen LogP contribution in [0.1, 0.15) is 38.2 Å². The Morgan fingerprint density at radius 1 is 1.36 bits per heavy atom. The molecule has 0 aromatic heterocycles. The quantitative estimate of drug-likeness (QED) is 0.785. The summed E-state index contributed by atoms with van der Waals surface area (Å²) in [5, 5.41) is 5.91. The number of carbonyl (C=O) groups excluding carboxylic acids is 2. The van der Waals surface area contributed by atoms with Crippen molar-refractivity contribution in [3.05, 3.63) is 29.8 Å². The van der Waals surface area contributed by atoms with Crippen LogP contribution in [-0.4, -0.2) is 48.5 Å². The number of hydrogen-bond acceptors (Lipinski definition) is 4. The Kier molecular flexibility index (Phi) is 5.91. The molecule has 1 atom stereocenters. The third-order valence-electron chi connectivity index (χ3n) is 4.94. The van der Waals surface area contributed by atoms with Crippen molar-refractivity contribution in [2.24, 2.45) is 0 Å². The summed E-state index contributed by atoms with van der Waals surface area (Å²) >= 11 is 0. The summed E-state index contributed by atoms with van der Waals surface area (Å²) in [5.74, 6) is 0.743. The Morgan fingerprint density at radius 2 is 2.16 bits per heavy atom. The Balaban J connectivity index is 1.67. The van der Waals surface area contributed by atoms with E-state index in [1.807, 2.05) is 31.2 Å². The maximum atomic E-state index is 12.3. The van der Waals surface area contributed by atoms with Gasteiger partial charge in [0, 0.05) is 31.2 Å². The van der Waals surface area contributed by atoms with Gasteiger partial charge in [-0.25, -0.2) is 0 Å². The van der Waals surface area contributed by atoms with E-state index in [2.05, 4.69) is 15.5 Å². The second kappa shape index (κ2) is 8.34. The number of para-hydroxylation sites is 1. The van der Waals surface area contributed by atoms with E-state index in [-0.39, 0.29) is 18.2 Å². The minimum absolute atomic E-state index is 0.0326. The van der Waals surface area contributed by atoms with Gasteiger partial charge in [0.25, 0.3) is 0 Å². The van der Waals surface area contributed by atoms with Gasteiger partial charge in [0.15, 0.2) is 0 Å². The molecular formula is C19H27N3O3. The molecule has 1 saturated carbocycles. The van der Waals surface area contributed by atoms with Crippen LogP contribution in [0.3, 0.4) is 0 Å². The Hall–Kier alpha value is -2.08. The average molecular weight is 345 g/mol. The van der Waals surface area contributed by atoms with Crippen molar-refractivity contribution >= 4 is 11.8 Å². The van der Waals surface area contributed by atoms with Crippen LogP contribution >= 0.6 is 0 Å². The van der Waals surface area contributed by atoms with Crippen LogP contribution < -0.4 is 15.4 Å². The molecule has 2 aliphatic rings. The lowest BCUT2D eigenvalue weighted by molar-refractivity contribution is -0.134. The molecule has 1 saturated heterocycles.